The highest BCUT2D eigenvalue weighted by Crippen LogP contribution is 2.43. The molecule has 558 valence electrons. The fourth-order valence-corrected chi connectivity index (χ4v) is 12.6. The minimum absolute atomic E-state index is 0.0318. The summed E-state index contributed by atoms with van der Waals surface area (Å²) in [7, 11) is 1.49. The quantitative estimate of drug-likeness (QED) is 0.0211. The zero-order valence-corrected chi connectivity index (χ0v) is 64.7. The van der Waals surface area contributed by atoms with E-state index in [4.69, 9.17) is 18.5 Å². The molecule has 1 N–H and O–H groups in total. The summed E-state index contributed by atoms with van der Waals surface area (Å²) in [5, 5.41) is 0. The highest BCUT2D eigenvalue weighted by Gasteiger charge is 2.27. The van der Waals surface area contributed by atoms with E-state index in [1.54, 1.807) is 0 Å². The van der Waals surface area contributed by atoms with Crippen molar-refractivity contribution < 1.29 is 42.1 Å². The van der Waals surface area contributed by atoms with Gasteiger partial charge in [0.1, 0.15) is 19.8 Å². The monoisotopic (exact) mass is 1360 g/mol. The number of ether oxygens (including phenoxy) is 2. The van der Waals surface area contributed by atoms with E-state index in [0.717, 1.165) is 77.0 Å². The normalized spacial score (nSPS) is 13.5. The van der Waals surface area contributed by atoms with E-state index in [2.05, 4.69) is 111 Å². The number of nitrogens with zero attached hydrogens (tertiary/aromatic N) is 1. The Bertz CT molecular complexity index is 1940. The van der Waals surface area contributed by atoms with Crippen molar-refractivity contribution in [3.63, 3.8) is 0 Å². The van der Waals surface area contributed by atoms with Crippen LogP contribution >= 0.6 is 7.82 Å². The lowest BCUT2D eigenvalue weighted by Crippen LogP contribution is -2.37. The number of quaternary nitrogens is 1. The second-order valence-electron chi connectivity index (χ2n) is 28.8. The highest BCUT2D eigenvalue weighted by atomic mass is 31.2. The summed E-state index contributed by atoms with van der Waals surface area (Å²) >= 11 is 0. The summed E-state index contributed by atoms with van der Waals surface area (Å²) < 4.78 is 34.9. The smallest absolute Gasteiger partial charge is 0.462 e. The average molecular weight is 1360 g/mol. The molecule has 0 aliphatic rings. The Morgan fingerprint density at radius 3 is 0.885 bits per heavy atom. The summed E-state index contributed by atoms with van der Waals surface area (Å²) in [6.45, 7) is 4.37. The van der Waals surface area contributed by atoms with Crippen LogP contribution in [-0.2, 0) is 32.7 Å². The second-order valence-corrected chi connectivity index (χ2v) is 30.2. The van der Waals surface area contributed by atoms with Gasteiger partial charge in [0.05, 0.1) is 27.7 Å². The molecule has 0 aliphatic heterocycles. The molecule has 0 heterocycles. The molecule has 0 saturated carbocycles. The third-order valence-corrected chi connectivity index (χ3v) is 19.1. The van der Waals surface area contributed by atoms with Crippen molar-refractivity contribution in [2.45, 2.75) is 392 Å². The summed E-state index contributed by atoms with van der Waals surface area (Å²) in [5.41, 5.74) is 0. The van der Waals surface area contributed by atoms with Crippen molar-refractivity contribution in [2.75, 3.05) is 47.5 Å². The topological polar surface area (TPSA) is 108 Å². The Balaban J connectivity index is 3.93. The van der Waals surface area contributed by atoms with Gasteiger partial charge in [0, 0.05) is 12.8 Å². The van der Waals surface area contributed by atoms with Gasteiger partial charge in [-0.25, -0.2) is 4.57 Å². The van der Waals surface area contributed by atoms with E-state index in [9.17, 15) is 19.0 Å². The van der Waals surface area contributed by atoms with Crippen molar-refractivity contribution in [1.29, 1.82) is 0 Å². The van der Waals surface area contributed by atoms with Crippen LogP contribution in [0.3, 0.4) is 0 Å². The maximum atomic E-state index is 12.9. The Hall–Kier alpha value is -3.07. The average Bonchev–Trinajstić information content (AvgIpc) is 2.72. The molecule has 0 spiro atoms. The number of carbonyl (C=O) groups is 2. The number of phosphoric acid groups is 1. The van der Waals surface area contributed by atoms with Crippen molar-refractivity contribution >= 4 is 19.8 Å². The lowest BCUT2D eigenvalue weighted by atomic mass is 10.0. The number of likely N-dealkylation sites (N-methyl/N-ethyl adjacent to an activating group) is 1. The molecule has 0 aromatic carbocycles. The van der Waals surface area contributed by atoms with Gasteiger partial charge in [0.15, 0.2) is 6.10 Å². The predicted octanol–water partition coefficient (Wildman–Crippen LogP) is 27.4. The first-order chi connectivity index (χ1) is 47.0. The van der Waals surface area contributed by atoms with Crippen LogP contribution in [0, 0.1) is 0 Å². The molecule has 2 unspecified atom stereocenters. The third-order valence-electron chi connectivity index (χ3n) is 18.1. The van der Waals surface area contributed by atoms with Crippen molar-refractivity contribution in [3.8, 4) is 0 Å². The largest absolute Gasteiger partial charge is 0.472 e. The summed E-state index contributed by atoms with van der Waals surface area (Å²) in [5.74, 6) is -0.779. The van der Waals surface area contributed by atoms with Crippen LogP contribution in [0.1, 0.15) is 386 Å². The zero-order valence-electron chi connectivity index (χ0n) is 63.9. The van der Waals surface area contributed by atoms with Gasteiger partial charge >= 0.3 is 19.8 Å². The van der Waals surface area contributed by atoms with E-state index in [1.807, 2.05) is 21.1 Å². The van der Waals surface area contributed by atoms with Gasteiger partial charge in [-0.15, -0.1) is 0 Å². The van der Waals surface area contributed by atoms with E-state index in [-0.39, 0.29) is 25.6 Å². The van der Waals surface area contributed by atoms with Crippen molar-refractivity contribution in [2.24, 2.45) is 0 Å². The molecule has 10 heteroatoms. The van der Waals surface area contributed by atoms with Gasteiger partial charge in [-0.2, -0.15) is 0 Å². The number of hydrogen-bond acceptors (Lipinski definition) is 7. The summed E-state index contributed by atoms with van der Waals surface area (Å²) in [6, 6.07) is 0. The molecular formula is C86H157NO8P+. The van der Waals surface area contributed by atoms with Gasteiger partial charge < -0.3 is 18.9 Å². The van der Waals surface area contributed by atoms with Crippen molar-refractivity contribution in [3.05, 3.63) is 97.2 Å². The van der Waals surface area contributed by atoms with Crippen LogP contribution < -0.4 is 0 Å². The van der Waals surface area contributed by atoms with Crippen LogP contribution in [0.5, 0.6) is 0 Å². The molecule has 0 saturated heterocycles. The molecule has 0 fully saturated rings. The molecule has 0 rings (SSSR count). The molecule has 0 radical (unpaired) electrons. The van der Waals surface area contributed by atoms with Crippen LogP contribution in [0.4, 0.5) is 0 Å². The number of allylic oxidation sites excluding steroid dienone is 16. The van der Waals surface area contributed by atoms with Gasteiger partial charge in [0.25, 0.3) is 0 Å². The van der Waals surface area contributed by atoms with Crippen molar-refractivity contribution in [1.82, 2.24) is 0 Å². The molecule has 96 heavy (non-hydrogen) atoms. The summed E-state index contributed by atoms with van der Waals surface area (Å²) in [6.07, 6.45) is 107. The lowest BCUT2D eigenvalue weighted by molar-refractivity contribution is -0.870. The first-order valence-electron chi connectivity index (χ1n) is 41.0. The third kappa shape index (κ3) is 79.9. The number of carbonyl (C=O) groups excluding carboxylic acids is 2. The fraction of sp³-hybridized carbons (Fsp3) is 0.791. The number of rotatable bonds is 76. The lowest BCUT2D eigenvalue weighted by Gasteiger charge is -2.24. The van der Waals surface area contributed by atoms with Crippen LogP contribution in [-0.4, -0.2) is 74.9 Å². The highest BCUT2D eigenvalue weighted by molar-refractivity contribution is 7.47. The number of phosphoric ester groups is 1. The predicted molar refractivity (Wildman–Crippen MR) is 418 cm³/mol. The van der Waals surface area contributed by atoms with Gasteiger partial charge in [0.2, 0.25) is 0 Å². The Morgan fingerprint density at radius 1 is 0.333 bits per heavy atom. The standard InChI is InChI=1S/C86H156NO8P/c1-6-8-10-12-14-16-18-20-22-24-26-28-30-32-34-36-38-40-42-43-45-47-49-51-53-55-57-59-61-63-65-67-69-71-73-75-77-79-86(89)95-84(83-94-96(90,91)93-81-80-87(3,4)5)82-92-85(88)78-76-74-72-70-68-66-64-62-60-58-56-54-52-50-48-46-44-41-39-37-35-33-31-29-27-25-23-21-19-17-15-13-11-9-7-2/h8,10,14,16,19-22,25-28,32,34,38,40,84H,6-7,9,11-13,15,17-18,23-24,29-31,33,35-37,39,41-83H2,1-5H3/p+1/b10-8-,16-14-,21-19-,22-20-,27-25-,28-26-,34-32-,40-38-. The Kier molecular flexibility index (Phi) is 73.7. The first kappa shape index (κ1) is 92.9. The van der Waals surface area contributed by atoms with Crippen LogP contribution in [0.25, 0.3) is 0 Å². The minimum atomic E-state index is -4.40. The number of unbranched alkanes of at least 4 members (excludes halogenated alkanes) is 46. The van der Waals surface area contributed by atoms with E-state index >= 15 is 0 Å². The fourth-order valence-electron chi connectivity index (χ4n) is 11.9. The molecule has 0 aliphatic carbocycles. The number of hydrogen-bond donors (Lipinski definition) is 1. The second kappa shape index (κ2) is 76.1. The Morgan fingerprint density at radius 2 is 0.594 bits per heavy atom. The minimum Gasteiger partial charge on any atom is -0.462 e. The molecule has 2 atom stereocenters. The van der Waals surface area contributed by atoms with Crippen LogP contribution in [0.15, 0.2) is 97.2 Å². The van der Waals surface area contributed by atoms with E-state index in [0.29, 0.717) is 23.9 Å². The Labute approximate surface area is 595 Å². The SMILES string of the molecule is CC/C=C\C/C=C\C/C=C\C/C=C\C/C=C\C/C=C\CCCCCCCCCCCCCCCCCCCCC(=O)OC(COC(=O)CCCCCCCCCCCCCCCCCCCCCCCCC/C=C\C/C=C\CCCCCCC)COP(=O)(O)OCC[N+](C)(C)C. The van der Waals surface area contributed by atoms with Gasteiger partial charge in [-0.1, -0.05) is 374 Å². The molecule has 0 aromatic heterocycles. The molecule has 0 bridgehead atoms. The van der Waals surface area contributed by atoms with Gasteiger partial charge in [-0.3, -0.25) is 18.6 Å². The van der Waals surface area contributed by atoms with Gasteiger partial charge in [-0.05, 0) is 96.3 Å². The molecule has 0 amide bonds. The summed E-state index contributed by atoms with van der Waals surface area (Å²) in [4.78, 5) is 36.0. The molecular weight excluding hydrogens is 1210 g/mol. The maximum Gasteiger partial charge on any atom is 0.472 e. The van der Waals surface area contributed by atoms with Crippen LogP contribution in [0.2, 0.25) is 0 Å². The zero-order chi connectivity index (χ0) is 69.7. The molecule has 0 aromatic rings. The number of esters is 2. The van der Waals surface area contributed by atoms with E-state index < -0.39 is 26.5 Å². The van der Waals surface area contributed by atoms with E-state index in [1.165, 1.54) is 276 Å². The first-order valence-corrected chi connectivity index (χ1v) is 42.5. The maximum absolute atomic E-state index is 12.9. The molecule has 9 nitrogen and oxygen atoms in total.